The Hall–Kier alpha value is -1.47. The van der Waals surface area contributed by atoms with Crippen LogP contribution < -0.4 is 5.73 Å². The van der Waals surface area contributed by atoms with E-state index in [1.54, 1.807) is 6.07 Å². The van der Waals surface area contributed by atoms with Crippen molar-refractivity contribution in [3.05, 3.63) is 12.2 Å². The molecular formula is C6H5N3O. The number of nitrogens with zero attached hydrogens (tertiary/aromatic N) is 2. The number of nitriles is 1. The van der Waals surface area contributed by atoms with Crippen LogP contribution in [0.15, 0.2) is 17.1 Å². The highest BCUT2D eigenvalue weighted by molar-refractivity contribution is 6.15. The fourth-order valence-electron chi connectivity index (χ4n) is 0.570. The van der Waals surface area contributed by atoms with E-state index in [4.69, 9.17) is 11.0 Å². The summed E-state index contributed by atoms with van der Waals surface area (Å²) in [6.45, 7) is 0. The summed E-state index contributed by atoms with van der Waals surface area (Å²) in [5.41, 5.74) is 5.36. The predicted molar refractivity (Wildman–Crippen MR) is 35.2 cm³/mol. The van der Waals surface area contributed by atoms with E-state index in [2.05, 4.69) is 4.99 Å². The van der Waals surface area contributed by atoms with Gasteiger partial charge in [-0.05, 0) is 6.08 Å². The summed E-state index contributed by atoms with van der Waals surface area (Å²) in [6, 6.07) is 1.07. The van der Waals surface area contributed by atoms with Crippen LogP contribution in [-0.4, -0.2) is 17.7 Å². The maximum Gasteiger partial charge on any atom is 0.267 e. The van der Waals surface area contributed by atoms with Crippen molar-refractivity contribution in [2.45, 2.75) is 6.04 Å². The smallest absolute Gasteiger partial charge is 0.267 e. The molecule has 0 aromatic carbocycles. The second kappa shape index (κ2) is 2.42. The molecule has 1 aliphatic rings. The SMILES string of the molecule is N#CC1=NC(=O)C(N)C=C1. The molecule has 50 valence electrons. The van der Waals surface area contributed by atoms with E-state index in [1.807, 2.05) is 0 Å². The number of nitrogens with two attached hydrogens (primary N) is 1. The normalized spacial score (nSPS) is 23.8. The zero-order valence-electron chi connectivity index (χ0n) is 5.11. The van der Waals surface area contributed by atoms with Crippen LogP contribution in [0.2, 0.25) is 0 Å². The van der Waals surface area contributed by atoms with Gasteiger partial charge >= 0.3 is 0 Å². The van der Waals surface area contributed by atoms with Crippen LogP contribution in [0.3, 0.4) is 0 Å². The first-order valence-corrected chi connectivity index (χ1v) is 2.70. The van der Waals surface area contributed by atoms with Gasteiger partial charge in [-0.2, -0.15) is 5.26 Å². The molecule has 0 bridgehead atoms. The number of hydrogen-bond acceptors (Lipinski definition) is 3. The van der Waals surface area contributed by atoms with Crippen LogP contribution in [0.4, 0.5) is 0 Å². The summed E-state index contributed by atoms with van der Waals surface area (Å²) in [5.74, 6) is -0.459. The van der Waals surface area contributed by atoms with E-state index in [9.17, 15) is 4.79 Å². The van der Waals surface area contributed by atoms with Gasteiger partial charge in [-0.1, -0.05) is 6.08 Å². The molecule has 1 atom stereocenters. The average Bonchev–Trinajstić information content (AvgIpc) is 1.95. The lowest BCUT2D eigenvalue weighted by Crippen LogP contribution is -2.29. The maximum absolute atomic E-state index is 10.6. The molecule has 0 saturated heterocycles. The Balaban J connectivity index is 2.89. The first kappa shape index (κ1) is 6.65. The van der Waals surface area contributed by atoms with Gasteiger partial charge in [0.1, 0.15) is 17.8 Å². The quantitative estimate of drug-likeness (QED) is 0.480. The summed E-state index contributed by atoms with van der Waals surface area (Å²) in [7, 11) is 0. The van der Waals surface area contributed by atoms with E-state index in [1.165, 1.54) is 12.2 Å². The monoisotopic (exact) mass is 135 g/mol. The van der Waals surface area contributed by atoms with Gasteiger partial charge < -0.3 is 5.73 Å². The summed E-state index contributed by atoms with van der Waals surface area (Å²) in [5, 5.41) is 8.27. The highest BCUT2D eigenvalue weighted by atomic mass is 16.1. The second-order valence-electron chi connectivity index (χ2n) is 1.83. The van der Waals surface area contributed by atoms with Crippen LogP contribution in [-0.2, 0) is 4.79 Å². The van der Waals surface area contributed by atoms with Crippen LogP contribution in [0, 0.1) is 11.3 Å². The minimum Gasteiger partial charge on any atom is -0.317 e. The van der Waals surface area contributed by atoms with Crippen LogP contribution >= 0.6 is 0 Å². The van der Waals surface area contributed by atoms with E-state index in [0.717, 1.165) is 0 Å². The number of dihydropyridines is 1. The Morgan fingerprint density at radius 1 is 1.80 bits per heavy atom. The molecule has 1 rings (SSSR count). The third-order valence-electron chi connectivity index (χ3n) is 1.09. The lowest BCUT2D eigenvalue weighted by molar-refractivity contribution is -0.118. The molecule has 0 aliphatic carbocycles. The minimum absolute atomic E-state index is 0.117. The molecule has 0 aromatic rings. The summed E-state index contributed by atoms with van der Waals surface area (Å²) in [4.78, 5) is 14.0. The van der Waals surface area contributed by atoms with Crippen LogP contribution in [0.25, 0.3) is 0 Å². The van der Waals surface area contributed by atoms with Crippen molar-refractivity contribution < 1.29 is 4.79 Å². The van der Waals surface area contributed by atoms with Gasteiger partial charge in [0, 0.05) is 0 Å². The maximum atomic E-state index is 10.6. The number of carbonyl (C=O) groups is 1. The molecule has 4 nitrogen and oxygen atoms in total. The largest absolute Gasteiger partial charge is 0.317 e. The summed E-state index contributed by atoms with van der Waals surface area (Å²) < 4.78 is 0. The predicted octanol–water partition coefficient (Wildman–Crippen LogP) is -0.625. The van der Waals surface area contributed by atoms with Gasteiger partial charge in [-0.3, -0.25) is 4.79 Å². The molecule has 10 heavy (non-hydrogen) atoms. The van der Waals surface area contributed by atoms with Gasteiger partial charge in [-0.15, -0.1) is 0 Å². The molecule has 0 radical (unpaired) electrons. The highest BCUT2D eigenvalue weighted by Crippen LogP contribution is 1.96. The fraction of sp³-hybridized carbons (Fsp3) is 0.167. The first-order valence-electron chi connectivity index (χ1n) is 2.70. The zero-order valence-corrected chi connectivity index (χ0v) is 5.11. The number of carbonyl (C=O) groups excluding carboxylic acids is 1. The van der Waals surface area contributed by atoms with E-state index < -0.39 is 11.9 Å². The summed E-state index contributed by atoms with van der Waals surface area (Å²) >= 11 is 0. The molecule has 1 amide bonds. The Morgan fingerprint density at radius 2 is 2.50 bits per heavy atom. The van der Waals surface area contributed by atoms with Crippen LogP contribution in [0.5, 0.6) is 0 Å². The average molecular weight is 135 g/mol. The Kier molecular flexibility index (Phi) is 1.61. The number of allylic oxidation sites excluding steroid dienone is 1. The van der Waals surface area contributed by atoms with E-state index >= 15 is 0 Å². The number of rotatable bonds is 0. The Labute approximate surface area is 57.7 Å². The summed E-state index contributed by atoms with van der Waals surface area (Å²) in [6.07, 6.45) is 2.89. The van der Waals surface area contributed by atoms with Crippen molar-refractivity contribution in [2.24, 2.45) is 10.7 Å². The van der Waals surface area contributed by atoms with Crippen molar-refractivity contribution in [1.82, 2.24) is 0 Å². The number of amides is 1. The third kappa shape index (κ3) is 1.09. The molecule has 4 heteroatoms. The van der Waals surface area contributed by atoms with Gasteiger partial charge in [0.25, 0.3) is 5.91 Å². The van der Waals surface area contributed by atoms with Crippen molar-refractivity contribution in [3.63, 3.8) is 0 Å². The molecular weight excluding hydrogens is 130 g/mol. The Bertz CT molecular complexity index is 259. The molecule has 0 spiro atoms. The standard InChI is InChI=1S/C6H5N3O/c7-3-4-1-2-5(8)6(10)9-4/h1-2,5H,8H2. The molecule has 0 aromatic heterocycles. The van der Waals surface area contributed by atoms with Crippen LogP contribution in [0.1, 0.15) is 0 Å². The minimum atomic E-state index is -0.669. The molecule has 1 heterocycles. The molecule has 2 N–H and O–H groups in total. The fourth-order valence-corrected chi connectivity index (χ4v) is 0.570. The highest BCUT2D eigenvalue weighted by Gasteiger charge is 2.13. The molecule has 0 fully saturated rings. The number of aliphatic imine (C=N–C) groups is 1. The van der Waals surface area contributed by atoms with Gasteiger partial charge in [0.15, 0.2) is 0 Å². The molecule has 0 saturated carbocycles. The van der Waals surface area contributed by atoms with E-state index in [0.29, 0.717) is 0 Å². The molecule has 1 aliphatic heterocycles. The first-order chi connectivity index (χ1) is 4.74. The second-order valence-corrected chi connectivity index (χ2v) is 1.83. The lowest BCUT2D eigenvalue weighted by Gasteiger charge is -2.03. The van der Waals surface area contributed by atoms with E-state index in [-0.39, 0.29) is 5.71 Å². The Morgan fingerprint density at radius 3 is 3.00 bits per heavy atom. The lowest BCUT2D eigenvalue weighted by atomic mass is 10.2. The van der Waals surface area contributed by atoms with Crippen molar-refractivity contribution in [2.75, 3.05) is 0 Å². The van der Waals surface area contributed by atoms with Gasteiger partial charge in [0.2, 0.25) is 0 Å². The van der Waals surface area contributed by atoms with Gasteiger partial charge in [-0.25, -0.2) is 4.99 Å². The third-order valence-corrected chi connectivity index (χ3v) is 1.09. The topological polar surface area (TPSA) is 79.2 Å². The van der Waals surface area contributed by atoms with Crippen molar-refractivity contribution in [1.29, 1.82) is 5.26 Å². The van der Waals surface area contributed by atoms with Crippen molar-refractivity contribution >= 4 is 11.6 Å². The number of hydrogen-bond donors (Lipinski definition) is 1. The molecule has 1 unspecified atom stereocenters. The van der Waals surface area contributed by atoms with Gasteiger partial charge in [0.05, 0.1) is 0 Å². The van der Waals surface area contributed by atoms with Crippen molar-refractivity contribution in [3.8, 4) is 6.07 Å². The zero-order chi connectivity index (χ0) is 7.56.